The number of para-hydroxylation sites is 3. The summed E-state index contributed by atoms with van der Waals surface area (Å²) in [6.45, 7) is 3.44. The van der Waals surface area contributed by atoms with Crippen molar-refractivity contribution in [3.05, 3.63) is 108 Å². The Kier molecular flexibility index (Phi) is 5.85. The van der Waals surface area contributed by atoms with Crippen molar-refractivity contribution < 1.29 is 9.53 Å². The minimum absolute atomic E-state index is 0.0302. The van der Waals surface area contributed by atoms with Crippen molar-refractivity contribution in [1.29, 1.82) is 0 Å². The van der Waals surface area contributed by atoms with Gasteiger partial charge in [0.1, 0.15) is 11.5 Å². The van der Waals surface area contributed by atoms with Gasteiger partial charge in [0.05, 0.1) is 12.2 Å². The Morgan fingerprint density at radius 3 is 2.70 bits per heavy atom. The number of carbonyl (C=O) groups excluding carboxylic acids is 1. The van der Waals surface area contributed by atoms with Gasteiger partial charge in [0.2, 0.25) is 5.91 Å². The van der Waals surface area contributed by atoms with E-state index in [9.17, 15) is 4.79 Å². The Labute approximate surface area is 193 Å². The number of hydrogen-bond acceptors (Lipinski definition) is 3. The maximum absolute atomic E-state index is 12.7. The summed E-state index contributed by atoms with van der Waals surface area (Å²) in [4.78, 5) is 18.3. The van der Waals surface area contributed by atoms with Crippen LogP contribution in [0.15, 0.2) is 97.0 Å². The lowest BCUT2D eigenvalue weighted by Gasteiger charge is -2.32. The lowest BCUT2D eigenvalue weighted by molar-refractivity contribution is -0.120. The molecule has 1 unspecified atom stereocenters. The second-order valence-electron chi connectivity index (χ2n) is 8.48. The zero-order valence-electron chi connectivity index (χ0n) is 18.6. The van der Waals surface area contributed by atoms with Crippen molar-refractivity contribution in [3.8, 4) is 5.75 Å². The van der Waals surface area contributed by atoms with E-state index in [4.69, 9.17) is 4.74 Å². The highest BCUT2D eigenvalue weighted by atomic mass is 16.5. The molecule has 2 heterocycles. The summed E-state index contributed by atoms with van der Waals surface area (Å²) in [6, 6.07) is 26.5. The molecule has 33 heavy (non-hydrogen) atoms. The number of hydrogen-bond donors (Lipinski definition) is 2. The van der Waals surface area contributed by atoms with E-state index in [0.29, 0.717) is 13.0 Å². The average molecular weight is 438 g/mol. The van der Waals surface area contributed by atoms with E-state index < -0.39 is 0 Å². The Balaban J connectivity index is 1.27. The molecular weight excluding hydrogens is 410 g/mol. The number of fused-ring (bicyclic) bond motifs is 2. The maximum Gasteiger partial charge on any atom is 0.224 e. The minimum Gasteiger partial charge on any atom is -0.456 e. The largest absolute Gasteiger partial charge is 0.456 e. The molecule has 5 heteroatoms. The summed E-state index contributed by atoms with van der Waals surface area (Å²) in [5, 5.41) is 4.11. The van der Waals surface area contributed by atoms with Crippen LogP contribution in [0.3, 0.4) is 0 Å². The number of nitrogens with one attached hydrogen (secondary N) is 2. The Morgan fingerprint density at radius 1 is 1.06 bits per heavy atom. The van der Waals surface area contributed by atoms with Gasteiger partial charge in [0.15, 0.2) is 0 Å². The summed E-state index contributed by atoms with van der Waals surface area (Å²) in [5.74, 6) is 1.59. The summed E-state index contributed by atoms with van der Waals surface area (Å²) >= 11 is 0. The predicted molar refractivity (Wildman–Crippen MR) is 132 cm³/mol. The molecule has 0 aliphatic carbocycles. The van der Waals surface area contributed by atoms with Crippen LogP contribution < -0.4 is 15.0 Å². The molecule has 0 spiro atoms. The third-order valence-electron chi connectivity index (χ3n) is 6.05. The van der Waals surface area contributed by atoms with Crippen molar-refractivity contribution in [2.45, 2.75) is 25.8 Å². The van der Waals surface area contributed by atoms with E-state index in [2.05, 4.69) is 52.5 Å². The van der Waals surface area contributed by atoms with E-state index in [1.807, 2.05) is 54.7 Å². The van der Waals surface area contributed by atoms with Gasteiger partial charge in [-0.3, -0.25) is 4.79 Å². The zero-order valence-corrected chi connectivity index (χ0v) is 18.6. The zero-order chi connectivity index (χ0) is 22.6. The van der Waals surface area contributed by atoms with E-state index in [1.165, 1.54) is 10.9 Å². The molecule has 1 aromatic heterocycles. The number of carbonyl (C=O) groups is 1. The summed E-state index contributed by atoms with van der Waals surface area (Å²) in [6.07, 6.45) is 4.11. The normalized spacial score (nSPS) is 15.2. The van der Waals surface area contributed by atoms with Crippen LogP contribution in [0, 0.1) is 0 Å². The number of benzene rings is 3. The molecule has 1 aliphatic heterocycles. The van der Waals surface area contributed by atoms with Crippen LogP contribution in [0.25, 0.3) is 10.9 Å². The number of ether oxygens (including phenoxy) is 1. The molecule has 0 radical (unpaired) electrons. The minimum atomic E-state index is -0.0302. The van der Waals surface area contributed by atoms with E-state index >= 15 is 0 Å². The standard InChI is InChI=1S/C28H27N3O2/c1-20(24-17-29-25-12-6-5-11-23(24)25)15-28(32)30-16-22-19-31(18-21-9-3-2-4-10-21)26-13-7-8-14-27(26)33-22/h2-14,16-17,20,29H,15,18-19H2,1H3,(H,30,32). The number of rotatable bonds is 6. The van der Waals surface area contributed by atoms with Gasteiger partial charge in [0.25, 0.3) is 0 Å². The summed E-state index contributed by atoms with van der Waals surface area (Å²) in [5.41, 5.74) is 4.53. The first-order valence-corrected chi connectivity index (χ1v) is 11.3. The first-order chi connectivity index (χ1) is 16.2. The molecule has 1 amide bonds. The van der Waals surface area contributed by atoms with E-state index in [0.717, 1.165) is 34.8 Å². The monoisotopic (exact) mass is 437 g/mol. The van der Waals surface area contributed by atoms with Crippen molar-refractivity contribution in [2.24, 2.45) is 0 Å². The predicted octanol–water partition coefficient (Wildman–Crippen LogP) is 5.72. The highest BCUT2D eigenvalue weighted by molar-refractivity contribution is 5.85. The highest BCUT2D eigenvalue weighted by Gasteiger charge is 2.22. The fraction of sp³-hybridized carbons (Fsp3) is 0.179. The fourth-order valence-corrected chi connectivity index (χ4v) is 4.38. The summed E-state index contributed by atoms with van der Waals surface area (Å²) < 4.78 is 6.08. The third kappa shape index (κ3) is 4.62. The smallest absolute Gasteiger partial charge is 0.224 e. The Bertz CT molecular complexity index is 1290. The van der Waals surface area contributed by atoms with Gasteiger partial charge >= 0.3 is 0 Å². The van der Waals surface area contributed by atoms with Gasteiger partial charge in [-0.05, 0) is 35.2 Å². The van der Waals surface area contributed by atoms with Crippen LogP contribution in [-0.4, -0.2) is 17.4 Å². The lowest BCUT2D eigenvalue weighted by Crippen LogP contribution is -2.32. The number of nitrogens with zero attached hydrogens (tertiary/aromatic N) is 1. The fourth-order valence-electron chi connectivity index (χ4n) is 4.38. The topological polar surface area (TPSA) is 57.4 Å². The van der Waals surface area contributed by atoms with E-state index in [1.54, 1.807) is 6.20 Å². The molecule has 0 fully saturated rings. The molecule has 5 nitrogen and oxygen atoms in total. The van der Waals surface area contributed by atoms with Gasteiger partial charge in [-0.1, -0.05) is 67.6 Å². The van der Waals surface area contributed by atoms with Crippen LogP contribution in [0.2, 0.25) is 0 Å². The van der Waals surface area contributed by atoms with Crippen LogP contribution >= 0.6 is 0 Å². The summed E-state index contributed by atoms with van der Waals surface area (Å²) in [7, 11) is 0. The molecule has 1 atom stereocenters. The maximum atomic E-state index is 12.7. The Hall–Kier alpha value is -3.99. The molecular formula is C28H27N3O2. The quantitative estimate of drug-likeness (QED) is 0.406. The first kappa shape index (κ1) is 20.9. The molecule has 166 valence electrons. The number of anilines is 1. The second kappa shape index (κ2) is 9.25. The second-order valence-corrected chi connectivity index (χ2v) is 8.48. The van der Waals surface area contributed by atoms with Gasteiger partial charge in [-0.2, -0.15) is 0 Å². The van der Waals surface area contributed by atoms with E-state index in [-0.39, 0.29) is 11.8 Å². The van der Waals surface area contributed by atoms with Gasteiger partial charge in [-0.25, -0.2) is 0 Å². The van der Waals surface area contributed by atoms with Crippen LogP contribution in [0.1, 0.15) is 30.4 Å². The SMILES string of the molecule is CC(CC(=O)NC=C1CN(Cc2ccccc2)c2ccccc2O1)c1c[nH]c2ccccc12. The molecule has 0 saturated heterocycles. The van der Waals surface area contributed by atoms with Crippen LogP contribution in [0.4, 0.5) is 5.69 Å². The van der Waals surface area contributed by atoms with Gasteiger partial charge in [0, 0.05) is 36.3 Å². The molecule has 4 aromatic rings. The molecule has 1 aliphatic rings. The highest BCUT2D eigenvalue weighted by Crippen LogP contribution is 2.35. The van der Waals surface area contributed by atoms with Crippen molar-refractivity contribution in [3.63, 3.8) is 0 Å². The third-order valence-corrected chi connectivity index (χ3v) is 6.05. The molecule has 0 bridgehead atoms. The lowest BCUT2D eigenvalue weighted by atomic mass is 9.97. The Morgan fingerprint density at radius 2 is 1.82 bits per heavy atom. The number of aromatic nitrogens is 1. The molecule has 3 aromatic carbocycles. The molecule has 2 N–H and O–H groups in total. The average Bonchev–Trinajstić information content (AvgIpc) is 3.28. The molecule has 0 saturated carbocycles. The van der Waals surface area contributed by atoms with Crippen molar-refractivity contribution in [1.82, 2.24) is 10.3 Å². The van der Waals surface area contributed by atoms with Gasteiger partial charge < -0.3 is 19.9 Å². The first-order valence-electron chi connectivity index (χ1n) is 11.3. The van der Waals surface area contributed by atoms with Crippen LogP contribution in [-0.2, 0) is 11.3 Å². The van der Waals surface area contributed by atoms with Crippen LogP contribution in [0.5, 0.6) is 5.75 Å². The number of amides is 1. The van der Waals surface area contributed by atoms with Crippen molar-refractivity contribution >= 4 is 22.5 Å². The molecule has 5 rings (SSSR count). The number of H-pyrrole nitrogens is 1. The number of aromatic amines is 1. The van der Waals surface area contributed by atoms with Crippen molar-refractivity contribution in [2.75, 3.05) is 11.4 Å². The van der Waals surface area contributed by atoms with Gasteiger partial charge in [-0.15, -0.1) is 0 Å².